The van der Waals surface area contributed by atoms with Gasteiger partial charge in [0, 0.05) is 25.1 Å². The first-order valence-electron chi connectivity index (χ1n) is 8.86. The molecule has 2 amide bonds. The van der Waals surface area contributed by atoms with E-state index in [-0.39, 0.29) is 29.2 Å². The van der Waals surface area contributed by atoms with Crippen LogP contribution in [0.5, 0.6) is 11.5 Å². The fraction of sp³-hybridized carbons (Fsp3) is 0.474. The molecule has 0 unspecified atom stereocenters. The molecule has 1 aromatic carbocycles. The SMILES string of the molecule is COc1cc(/C=C/C(=O)NCCNC(=O)C2CCCC2)ccc1OC(F)F. The minimum absolute atomic E-state index is 0.0514. The van der Waals surface area contributed by atoms with Crippen LogP contribution in [0.1, 0.15) is 31.2 Å². The van der Waals surface area contributed by atoms with E-state index in [0.29, 0.717) is 18.7 Å². The molecule has 0 atom stereocenters. The van der Waals surface area contributed by atoms with Crippen LogP contribution in [0.3, 0.4) is 0 Å². The van der Waals surface area contributed by atoms with Crippen LogP contribution in [0, 0.1) is 5.92 Å². The normalized spacial score (nSPS) is 14.5. The molecule has 2 N–H and O–H groups in total. The van der Waals surface area contributed by atoms with E-state index in [1.807, 2.05) is 0 Å². The largest absolute Gasteiger partial charge is 0.493 e. The molecule has 6 nitrogen and oxygen atoms in total. The number of carbonyl (C=O) groups excluding carboxylic acids is 2. The van der Waals surface area contributed by atoms with Gasteiger partial charge in [-0.3, -0.25) is 9.59 Å². The highest BCUT2D eigenvalue weighted by Gasteiger charge is 2.21. The molecule has 0 aliphatic heterocycles. The zero-order valence-corrected chi connectivity index (χ0v) is 15.2. The summed E-state index contributed by atoms with van der Waals surface area (Å²) in [6.07, 6.45) is 6.92. The second kappa shape index (κ2) is 10.5. The standard InChI is InChI=1S/C19H24F2N2O4/c1-26-16-12-13(6-8-15(16)27-19(20)21)7-9-17(24)22-10-11-23-18(25)14-4-2-3-5-14/h6-9,12,14,19H,2-5,10-11H2,1H3,(H,22,24)(H,23,25)/b9-7+. The first kappa shape index (κ1) is 20.7. The van der Waals surface area contributed by atoms with Crippen LogP contribution in [0.4, 0.5) is 8.78 Å². The minimum atomic E-state index is -2.94. The van der Waals surface area contributed by atoms with Crippen molar-refractivity contribution in [3.05, 3.63) is 29.8 Å². The minimum Gasteiger partial charge on any atom is -0.493 e. The number of benzene rings is 1. The Morgan fingerprint density at radius 2 is 1.89 bits per heavy atom. The Balaban J connectivity index is 1.76. The molecule has 1 aromatic rings. The van der Waals surface area contributed by atoms with E-state index in [1.54, 1.807) is 0 Å². The second-order valence-electron chi connectivity index (χ2n) is 6.19. The zero-order valence-electron chi connectivity index (χ0n) is 15.2. The highest BCUT2D eigenvalue weighted by Crippen LogP contribution is 2.29. The Morgan fingerprint density at radius 3 is 2.56 bits per heavy atom. The van der Waals surface area contributed by atoms with Crippen molar-refractivity contribution in [1.82, 2.24) is 10.6 Å². The molecule has 0 saturated heterocycles. The first-order chi connectivity index (χ1) is 13.0. The topological polar surface area (TPSA) is 76.7 Å². The van der Waals surface area contributed by atoms with Crippen molar-refractivity contribution >= 4 is 17.9 Å². The Kier molecular flexibility index (Phi) is 8.03. The summed E-state index contributed by atoms with van der Waals surface area (Å²) in [7, 11) is 1.34. The zero-order chi connectivity index (χ0) is 19.6. The van der Waals surface area contributed by atoms with Gasteiger partial charge in [0.1, 0.15) is 0 Å². The molecule has 1 aliphatic rings. The number of methoxy groups -OCH3 is 1. The van der Waals surface area contributed by atoms with Crippen molar-refractivity contribution in [3.63, 3.8) is 0 Å². The van der Waals surface area contributed by atoms with Crippen molar-refractivity contribution in [1.29, 1.82) is 0 Å². The number of rotatable bonds is 9. The lowest BCUT2D eigenvalue weighted by Crippen LogP contribution is -2.36. The molecular weight excluding hydrogens is 358 g/mol. The summed E-state index contributed by atoms with van der Waals surface area (Å²) in [6.45, 7) is -2.24. The summed E-state index contributed by atoms with van der Waals surface area (Å²) in [5.74, 6) is -0.0975. The smallest absolute Gasteiger partial charge is 0.387 e. The Labute approximate surface area is 156 Å². The highest BCUT2D eigenvalue weighted by atomic mass is 19.3. The summed E-state index contributed by atoms with van der Waals surface area (Å²) < 4.78 is 34.0. The number of carbonyl (C=O) groups is 2. The maximum atomic E-state index is 12.3. The van der Waals surface area contributed by atoms with Gasteiger partial charge < -0.3 is 20.1 Å². The predicted molar refractivity (Wildman–Crippen MR) is 96.6 cm³/mol. The monoisotopic (exact) mass is 382 g/mol. The maximum absolute atomic E-state index is 12.3. The molecule has 0 bridgehead atoms. The molecule has 0 radical (unpaired) electrons. The van der Waals surface area contributed by atoms with Crippen molar-refractivity contribution in [3.8, 4) is 11.5 Å². The highest BCUT2D eigenvalue weighted by molar-refractivity contribution is 5.91. The van der Waals surface area contributed by atoms with Crippen LogP contribution in [-0.4, -0.2) is 38.6 Å². The van der Waals surface area contributed by atoms with E-state index in [1.165, 1.54) is 37.5 Å². The Hall–Kier alpha value is -2.64. The second-order valence-corrected chi connectivity index (χ2v) is 6.19. The van der Waals surface area contributed by atoms with Crippen molar-refractivity contribution in [2.45, 2.75) is 32.3 Å². The van der Waals surface area contributed by atoms with Gasteiger partial charge >= 0.3 is 6.61 Å². The summed E-state index contributed by atoms with van der Waals surface area (Å²) in [6, 6.07) is 4.37. The number of halogens is 2. The van der Waals surface area contributed by atoms with Gasteiger partial charge in [-0.2, -0.15) is 8.78 Å². The first-order valence-corrected chi connectivity index (χ1v) is 8.86. The van der Waals surface area contributed by atoms with Gasteiger partial charge in [0.05, 0.1) is 7.11 Å². The van der Waals surface area contributed by atoms with Crippen LogP contribution in [0.25, 0.3) is 6.08 Å². The lowest BCUT2D eigenvalue weighted by molar-refractivity contribution is -0.125. The van der Waals surface area contributed by atoms with Gasteiger partial charge in [0.2, 0.25) is 11.8 Å². The molecule has 27 heavy (non-hydrogen) atoms. The summed E-state index contributed by atoms with van der Waals surface area (Å²) in [5, 5.41) is 5.49. The Morgan fingerprint density at radius 1 is 1.19 bits per heavy atom. The third-order valence-electron chi connectivity index (χ3n) is 4.28. The van der Waals surface area contributed by atoms with E-state index in [0.717, 1.165) is 25.7 Å². The molecule has 0 heterocycles. The van der Waals surface area contributed by atoms with Crippen molar-refractivity contribution in [2.75, 3.05) is 20.2 Å². The molecule has 1 aliphatic carbocycles. The van der Waals surface area contributed by atoms with Gasteiger partial charge in [-0.25, -0.2) is 0 Å². The molecule has 1 saturated carbocycles. The number of hydrogen-bond acceptors (Lipinski definition) is 4. The summed E-state index contributed by atoms with van der Waals surface area (Å²) >= 11 is 0. The number of nitrogens with one attached hydrogen (secondary N) is 2. The van der Waals surface area contributed by atoms with Crippen LogP contribution < -0.4 is 20.1 Å². The average Bonchev–Trinajstić information content (AvgIpc) is 3.18. The number of alkyl halides is 2. The van der Waals surface area contributed by atoms with Crippen molar-refractivity contribution < 1.29 is 27.8 Å². The number of hydrogen-bond donors (Lipinski definition) is 2. The van der Waals surface area contributed by atoms with E-state index >= 15 is 0 Å². The quantitative estimate of drug-likeness (QED) is 0.509. The van der Waals surface area contributed by atoms with Gasteiger partial charge in [-0.15, -0.1) is 0 Å². The third-order valence-corrected chi connectivity index (χ3v) is 4.28. The predicted octanol–water partition coefficient (Wildman–Crippen LogP) is 2.73. The third kappa shape index (κ3) is 6.88. The van der Waals surface area contributed by atoms with Crippen molar-refractivity contribution in [2.24, 2.45) is 5.92 Å². The molecule has 8 heteroatoms. The van der Waals surface area contributed by atoms with E-state index in [9.17, 15) is 18.4 Å². The summed E-state index contributed by atoms with van der Waals surface area (Å²) in [5.41, 5.74) is 0.596. The Bertz CT molecular complexity index is 674. The van der Waals surface area contributed by atoms with Gasteiger partial charge in [0.15, 0.2) is 11.5 Å². The maximum Gasteiger partial charge on any atom is 0.387 e. The fourth-order valence-corrected chi connectivity index (χ4v) is 2.92. The number of amides is 2. The lowest BCUT2D eigenvalue weighted by atomic mass is 10.1. The van der Waals surface area contributed by atoms with Crippen LogP contribution in [0.2, 0.25) is 0 Å². The van der Waals surface area contributed by atoms with E-state index in [2.05, 4.69) is 15.4 Å². The van der Waals surface area contributed by atoms with E-state index < -0.39 is 6.61 Å². The van der Waals surface area contributed by atoms with Crippen LogP contribution in [0.15, 0.2) is 24.3 Å². The molecule has 2 rings (SSSR count). The average molecular weight is 382 g/mol. The molecule has 0 spiro atoms. The summed E-state index contributed by atoms with van der Waals surface area (Å²) in [4.78, 5) is 23.7. The van der Waals surface area contributed by atoms with E-state index in [4.69, 9.17) is 4.74 Å². The molecule has 0 aromatic heterocycles. The van der Waals surface area contributed by atoms with Gasteiger partial charge in [-0.05, 0) is 36.6 Å². The molecule has 148 valence electrons. The van der Waals surface area contributed by atoms with Crippen LogP contribution >= 0.6 is 0 Å². The number of ether oxygens (including phenoxy) is 2. The molecular formula is C19H24F2N2O4. The van der Waals surface area contributed by atoms with Gasteiger partial charge in [0.25, 0.3) is 0 Å². The lowest BCUT2D eigenvalue weighted by Gasteiger charge is -2.10. The van der Waals surface area contributed by atoms with Crippen LogP contribution in [-0.2, 0) is 9.59 Å². The fourth-order valence-electron chi connectivity index (χ4n) is 2.92. The molecule has 1 fully saturated rings. The van der Waals surface area contributed by atoms with Gasteiger partial charge in [-0.1, -0.05) is 18.9 Å².